The second kappa shape index (κ2) is 9.02. The SMILES string of the molecule is COc1ccc(Cn2c(Br)nc3c2C(=O)N(c2cc(C)c(=O)n(C)c2)C3c2ccc(Cl)cc2)cc1. The maximum atomic E-state index is 14.0. The van der Waals surface area contributed by atoms with Crippen molar-refractivity contribution in [3.8, 4) is 5.75 Å². The van der Waals surface area contributed by atoms with Crippen molar-refractivity contribution in [2.75, 3.05) is 12.0 Å². The fraction of sp³-hybridized carbons (Fsp3) is 0.192. The van der Waals surface area contributed by atoms with E-state index in [1.165, 1.54) is 4.57 Å². The summed E-state index contributed by atoms with van der Waals surface area (Å²) in [5.74, 6) is 0.573. The van der Waals surface area contributed by atoms with Crippen LogP contribution in [0.2, 0.25) is 5.02 Å². The first-order valence-corrected chi connectivity index (χ1v) is 12.1. The lowest BCUT2D eigenvalue weighted by atomic mass is 10.0. The van der Waals surface area contributed by atoms with Gasteiger partial charge in [-0.15, -0.1) is 0 Å². The first-order valence-electron chi connectivity index (χ1n) is 10.9. The molecule has 0 saturated heterocycles. The number of carbonyl (C=O) groups excluding carboxylic acids is 1. The van der Waals surface area contributed by atoms with E-state index in [1.54, 1.807) is 50.4 Å². The Morgan fingerprint density at radius 1 is 1.09 bits per heavy atom. The van der Waals surface area contributed by atoms with Gasteiger partial charge in [0.25, 0.3) is 11.5 Å². The van der Waals surface area contributed by atoms with Crippen molar-refractivity contribution in [1.29, 1.82) is 0 Å². The number of hydrogen-bond donors (Lipinski definition) is 0. The molecule has 0 aliphatic carbocycles. The van der Waals surface area contributed by atoms with Gasteiger partial charge in [0, 0.05) is 23.8 Å². The molecule has 1 amide bonds. The molecule has 2 aromatic heterocycles. The second-order valence-corrected chi connectivity index (χ2v) is 9.62. The molecule has 0 spiro atoms. The predicted octanol–water partition coefficient (Wildman–Crippen LogP) is 5.11. The first kappa shape index (κ1) is 23.4. The molecule has 4 aromatic rings. The summed E-state index contributed by atoms with van der Waals surface area (Å²) in [6, 6.07) is 16.4. The number of halogens is 2. The Labute approximate surface area is 215 Å². The zero-order chi connectivity index (χ0) is 24.9. The zero-order valence-electron chi connectivity index (χ0n) is 19.3. The monoisotopic (exact) mass is 552 g/mol. The molecule has 2 aromatic carbocycles. The summed E-state index contributed by atoms with van der Waals surface area (Å²) in [5, 5.41) is 0.606. The van der Waals surface area contributed by atoms with Crippen LogP contribution in [0.4, 0.5) is 5.69 Å². The Hall–Kier alpha value is -3.36. The minimum atomic E-state index is -0.472. The topological polar surface area (TPSA) is 69.4 Å². The third-order valence-electron chi connectivity index (χ3n) is 6.20. The normalized spacial score (nSPS) is 14.9. The van der Waals surface area contributed by atoms with Crippen LogP contribution in [0.1, 0.15) is 38.9 Å². The standard InChI is InChI=1S/C26H22BrClN4O3/c1-15-12-19(14-30(2)24(15)33)32-22(17-6-8-18(28)9-7-17)21-23(25(32)34)31(26(27)29-21)13-16-4-10-20(35-3)11-5-16/h4-12,14,22H,13H2,1-3H3. The van der Waals surface area contributed by atoms with Crippen molar-refractivity contribution in [2.45, 2.75) is 19.5 Å². The summed E-state index contributed by atoms with van der Waals surface area (Å²) in [4.78, 5) is 32.8. The van der Waals surface area contributed by atoms with Crippen LogP contribution >= 0.6 is 27.5 Å². The summed E-state index contributed by atoms with van der Waals surface area (Å²) in [6.07, 6.45) is 1.69. The molecule has 178 valence electrons. The van der Waals surface area contributed by atoms with E-state index in [2.05, 4.69) is 15.9 Å². The molecule has 0 saturated carbocycles. The van der Waals surface area contributed by atoms with Gasteiger partial charge in [0.15, 0.2) is 4.73 Å². The quantitative estimate of drug-likeness (QED) is 0.344. The number of imidazole rings is 1. The highest BCUT2D eigenvalue weighted by Gasteiger charge is 2.44. The highest BCUT2D eigenvalue weighted by atomic mass is 79.9. The van der Waals surface area contributed by atoms with Crippen molar-refractivity contribution >= 4 is 39.1 Å². The maximum absolute atomic E-state index is 14.0. The van der Waals surface area contributed by atoms with Gasteiger partial charge in [-0.2, -0.15) is 0 Å². The molecule has 3 heterocycles. The fourth-order valence-electron chi connectivity index (χ4n) is 4.48. The van der Waals surface area contributed by atoms with Crippen molar-refractivity contribution in [3.63, 3.8) is 0 Å². The number of anilines is 1. The first-order chi connectivity index (χ1) is 16.8. The molecule has 1 aliphatic heterocycles. The number of benzene rings is 2. The van der Waals surface area contributed by atoms with Gasteiger partial charge in [-0.3, -0.25) is 14.5 Å². The van der Waals surface area contributed by atoms with E-state index in [0.29, 0.717) is 38.9 Å². The van der Waals surface area contributed by atoms with Crippen molar-refractivity contribution in [1.82, 2.24) is 14.1 Å². The molecule has 7 nitrogen and oxygen atoms in total. The van der Waals surface area contributed by atoms with Crippen molar-refractivity contribution < 1.29 is 9.53 Å². The van der Waals surface area contributed by atoms with Crippen molar-refractivity contribution in [3.05, 3.63) is 109 Å². The summed E-state index contributed by atoms with van der Waals surface area (Å²) in [5.41, 5.74) is 4.09. The Bertz CT molecular complexity index is 1470. The smallest absolute Gasteiger partial charge is 0.277 e. The molecule has 5 rings (SSSR count). The average molecular weight is 554 g/mol. The van der Waals surface area contributed by atoms with E-state index in [9.17, 15) is 9.59 Å². The molecular weight excluding hydrogens is 532 g/mol. The van der Waals surface area contributed by atoms with E-state index < -0.39 is 6.04 Å². The van der Waals surface area contributed by atoms with Crippen LogP contribution in [0.3, 0.4) is 0 Å². The number of aryl methyl sites for hydroxylation is 2. The molecule has 1 atom stereocenters. The highest BCUT2D eigenvalue weighted by molar-refractivity contribution is 9.10. The van der Waals surface area contributed by atoms with Gasteiger partial charge >= 0.3 is 0 Å². The van der Waals surface area contributed by atoms with Crippen LogP contribution in [0.5, 0.6) is 5.75 Å². The third kappa shape index (κ3) is 4.06. The lowest BCUT2D eigenvalue weighted by molar-refractivity contribution is 0.0985. The number of fused-ring (bicyclic) bond motifs is 1. The number of amides is 1. The Balaban J connectivity index is 1.66. The molecule has 1 aliphatic rings. The minimum absolute atomic E-state index is 0.106. The second-order valence-electron chi connectivity index (χ2n) is 8.48. The zero-order valence-corrected chi connectivity index (χ0v) is 21.7. The van der Waals surface area contributed by atoms with Crippen LogP contribution in [0, 0.1) is 6.92 Å². The highest BCUT2D eigenvalue weighted by Crippen LogP contribution is 2.42. The van der Waals surface area contributed by atoms with E-state index >= 15 is 0 Å². The molecule has 9 heteroatoms. The van der Waals surface area contributed by atoms with E-state index in [0.717, 1.165) is 16.9 Å². The van der Waals surface area contributed by atoms with Gasteiger partial charge < -0.3 is 13.9 Å². The summed E-state index contributed by atoms with van der Waals surface area (Å²) < 4.78 is 9.20. The largest absolute Gasteiger partial charge is 0.497 e. The van der Waals surface area contributed by atoms with Crippen LogP contribution in [0.25, 0.3) is 0 Å². The molecule has 0 fully saturated rings. The number of pyridine rings is 1. The predicted molar refractivity (Wildman–Crippen MR) is 139 cm³/mol. The van der Waals surface area contributed by atoms with Gasteiger partial charge in [-0.25, -0.2) is 4.98 Å². The minimum Gasteiger partial charge on any atom is -0.497 e. The van der Waals surface area contributed by atoms with E-state index in [1.807, 2.05) is 41.0 Å². The fourth-order valence-corrected chi connectivity index (χ4v) is 5.10. The van der Waals surface area contributed by atoms with Gasteiger partial charge in [0.2, 0.25) is 0 Å². The molecule has 35 heavy (non-hydrogen) atoms. The van der Waals surface area contributed by atoms with Crippen LogP contribution in [-0.2, 0) is 13.6 Å². The van der Waals surface area contributed by atoms with Crippen LogP contribution in [0.15, 0.2) is 70.3 Å². The maximum Gasteiger partial charge on any atom is 0.277 e. The average Bonchev–Trinajstić information content (AvgIpc) is 3.31. The lowest BCUT2D eigenvalue weighted by Crippen LogP contribution is -2.32. The Kier molecular flexibility index (Phi) is 6.02. The number of nitrogens with zero attached hydrogens (tertiary/aromatic N) is 4. The number of rotatable bonds is 5. The Morgan fingerprint density at radius 3 is 2.40 bits per heavy atom. The molecule has 0 radical (unpaired) electrons. The summed E-state index contributed by atoms with van der Waals surface area (Å²) >= 11 is 9.71. The number of hydrogen-bond acceptors (Lipinski definition) is 4. The number of aromatic nitrogens is 3. The third-order valence-corrected chi connectivity index (χ3v) is 7.06. The van der Waals surface area contributed by atoms with Gasteiger partial charge in [-0.1, -0.05) is 35.9 Å². The van der Waals surface area contributed by atoms with Crippen LogP contribution in [-0.4, -0.2) is 27.1 Å². The van der Waals surface area contributed by atoms with Crippen molar-refractivity contribution in [2.24, 2.45) is 7.05 Å². The molecule has 0 N–H and O–H groups in total. The number of methoxy groups -OCH3 is 1. The van der Waals surface area contributed by atoms with Gasteiger partial charge in [0.05, 0.1) is 19.3 Å². The number of carbonyl (C=O) groups is 1. The number of ether oxygens (including phenoxy) is 1. The van der Waals surface area contributed by atoms with Gasteiger partial charge in [0.1, 0.15) is 23.2 Å². The summed E-state index contributed by atoms with van der Waals surface area (Å²) in [6.45, 7) is 2.20. The van der Waals surface area contributed by atoms with Crippen LogP contribution < -0.4 is 15.2 Å². The summed E-state index contributed by atoms with van der Waals surface area (Å²) in [7, 11) is 3.31. The Morgan fingerprint density at radius 2 is 1.77 bits per heavy atom. The lowest BCUT2D eigenvalue weighted by Gasteiger charge is -2.26. The molecule has 1 unspecified atom stereocenters. The molecular formula is C26H22BrClN4O3. The van der Waals surface area contributed by atoms with E-state index in [-0.39, 0.29) is 11.5 Å². The van der Waals surface area contributed by atoms with Gasteiger partial charge in [-0.05, 0) is 64.3 Å². The van der Waals surface area contributed by atoms with E-state index in [4.69, 9.17) is 21.3 Å². The molecule has 0 bridgehead atoms.